The minimum Gasteiger partial charge on any atom is -0.485 e. The molecule has 9 heteroatoms. The number of carbonyl (C=O) groups excluding carboxylic acids is 1. The van der Waals surface area contributed by atoms with Gasteiger partial charge in [-0.1, -0.05) is 37.7 Å². The fourth-order valence-electron chi connectivity index (χ4n) is 2.68. The molecule has 0 bridgehead atoms. The van der Waals surface area contributed by atoms with Crippen LogP contribution in [0.2, 0.25) is 0 Å². The van der Waals surface area contributed by atoms with Crippen molar-refractivity contribution in [3.05, 3.63) is 46.2 Å². The number of anilines is 1. The summed E-state index contributed by atoms with van der Waals surface area (Å²) in [6.45, 7) is 8.55. The number of hydrogen-bond acceptors (Lipinski definition) is 7. The van der Waals surface area contributed by atoms with Gasteiger partial charge in [-0.25, -0.2) is 4.98 Å². The van der Waals surface area contributed by atoms with Crippen LogP contribution in [0.5, 0.6) is 5.75 Å². The number of amides is 1. The van der Waals surface area contributed by atoms with Crippen molar-refractivity contribution in [3.63, 3.8) is 0 Å². The molecule has 0 aliphatic rings. The van der Waals surface area contributed by atoms with Crippen LogP contribution in [0.3, 0.4) is 0 Å². The fraction of sp³-hybridized carbons (Fsp3) is 0.400. The van der Waals surface area contributed by atoms with Gasteiger partial charge in [-0.2, -0.15) is 0 Å². The van der Waals surface area contributed by atoms with E-state index in [0.717, 1.165) is 17.0 Å². The second-order valence-electron chi connectivity index (χ2n) is 7.07. The Bertz CT molecular complexity index is 997. The number of hydrogen-bond donors (Lipinski definition) is 1. The molecular formula is C20H25N5O2S2. The van der Waals surface area contributed by atoms with Gasteiger partial charge >= 0.3 is 0 Å². The van der Waals surface area contributed by atoms with Crippen LogP contribution < -0.4 is 10.1 Å². The highest BCUT2D eigenvalue weighted by atomic mass is 32.2. The van der Waals surface area contributed by atoms with Crippen molar-refractivity contribution in [2.75, 3.05) is 11.1 Å². The number of benzene rings is 1. The average molecular weight is 432 g/mol. The summed E-state index contributed by atoms with van der Waals surface area (Å²) in [6, 6.07) is 6.25. The Morgan fingerprint density at radius 1 is 1.31 bits per heavy atom. The molecule has 0 saturated heterocycles. The molecule has 0 aliphatic carbocycles. The highest BCUT2D eigenvalue weighted by Gasteiger charge is 2.14. The van der Waals surface area contributed by atoms with Crippen molar-refractivity contribution >= 4 is 34.1 Å². The fourth-order valence-corrected chi connectivity index (χ4v) is 4.11. The van der Waals surface area contributed by atoms with Crippen LogP contribution in [0, 0.1) is 13.8 Å². The molecule has 7 nitrogen and oxygen atoms in total. The van der Waals surface area contributed by atoms with Gasteiger partial charge in [-0.3, -0.25) is 4.79 Å². The third-order valence-electron chi connectivity index (χ3n) is 4.27. The van der Waals surface area contributed by atoms with Gasteiger partial charge in [-0.05, 0) is 37.0 Å². The minimum absolute atomic E-state index is 0.119. The summed E-state index contributed by atoms with van der Waals surface area (Å²) in [5.74, 6) is 2.07. The van der Waals surface area contributed by atoms with E-state index in [9.17, 15) is 4.79 Å². The normalized spacial score (nSPS) is 11.1. The number of thioether (sulfide) groups is 1. The highest BCUT2D eigenvalue weighted by molar-refractivity contribution is 7.99. The van der Waals surface area contributed by atoms with Crippen molar-refractivity contribution in [1.82, 2.24) is 19.7 Å². The van der Waals surface area contributed by atoms with Crippen LogP contribution in [-0.2, 0) is 18.4 Å². The largest absolute Gasteiger partial charge is 0.485 e. The second kappa shape index (κ2) is 9.41. The highest BCUT2D eigenvalue weighted by Crippen LogP contribution is 2.28. The summed E-state index contributed by atoms with van der Waals surface area (Å²) in [7, 11) is 1.88. The van der Waals surface area contributed by atoms with E-state index in [2.05, 4.69) is 46.5 Å². The second-order valence-corrected chi connectivity index (χ2v) is 8.87. The number of carbonyl (C=O) groups is 1. The third kappa shape index (κ3) is 5.57. The maximum atomic E-state index is 12.1. The summed E-state index contributed by atoms with van der Waals surface area (Å²) < 4.78 is 7.91. The van der Waals surface area contributed by atoms with Crippen LogP contribution in [0.4, 0.5) is 5.13 Å². The van der Waals surface area contributed by atoms with Crippen molar-refractivity contribution in [2.45, 2.75) is 45.4 Å². The quantitative estimate of drug-likeness (QED) is 0.535. The van der Waals surface area contributed by atoms with Crippen LogP contribution in [-0.4, -0.2) is 31.4 Å². The van der Waals surface area contributed by atoms with E-state index in [1.54, 1.807) is 0 Å². The third-order valence-corrected chi connectivity index (χ3v) is 6.17. The van der Waals surface area contributed by atoms with Crippen LogP contribution in [0.25, 0.3) is 0 Å². The number of rotatable bonds is 8. The maximum Gasteiger partial charge on any atom is 0.236 e. The van der Waals surface area contributed by atoms with Gasteiger partial charge in [-0.15, -0.1) is 21.5 Å². The molecule has 1 amide bonds. The van der Waals surface area contributed by atoms with E-state index in [1.807, 2.05) is 36.9 Å². The molecule has 3 aromatic rings. The van der Waals surface area contributed by atoms with Crippen molar-refractivity contribution in [2.24, 2.45) is 7.05 Å². The smallest absolute Gasteiger partial charge is 0.236 e. The Labute approximate surface area is 178 Å². The van der Waals surface area contributed by atoms with Crippen molar-refractivity contribution in [1.29, 1.82) is 0 Å². The average Bonchev–Trinajstić information content (AvgIpc) is 3.23. The number of aromatic nitrogens is 4. The molecule has 1 aromatic carbocycles. The van der Waals surface area contributed by atoms with Gasteiger partial charge in [0.05, 0.1) is 11.4 Å². The summed E-state index contributed by atoms with van der Waals surface area (Å²) >= 11 is 2.75. The number of ether oxygens (including phenoxy) is 1. The predicted molar refractivity (Wildman–Crippen MR) is 117 cm³/mol. The molecule has 0 saturated carbocycles. The summed E-state index contributed by atoms with van der Waals surface area (Å²) in [5, 5.41) is 14.4. The van der Waals surface area contributed by atoms with Crippen LogP contribution in [0.1, 0.15) is 42.4 Å². The topological polar surface area (TPSA) is 81.9 Å². The van der Waals surface area contributed by atoms with Gasteiger partial charge in [0.1, 0.15) is 12.4 Å². The molecule has 29 heavy (non-hydrogen) atoms. The zero-order valence-corrected chi connectivity index (χ0v) is 18.9. The Hall–Kier alpha value is -2.39. The van der Waals surface area contributed by atoms with E-state index in [1.165, 1.54) is 28.7 Å². The molecule has 1 N–H and O–H groups in total. The minimum atomic E-state index is -0.119. The molecule has 0 unspecified atom stereocenters. The van der Waals surface area contributed by atoms with Crippen LogP contribution in [0.15, 0.2) is 28.7 Å². The van der Waals surface area contributed by atoms with Gasteiger partial charge in [0.25, 0.3) is 0 Å². The summed E-state index contributed by atoms with van der Waals surface area (Å²) in [5.41, 5.74) is 3.21. The molecular weight excluding hydrogens is 406 g/mol. The molecule has 3 rings (SSSR count). The molecule has 0 fully saturated rings. The number of thiazole rings is 1. The maximum absolute atomic E-state index is 12.1. The van der Waals surface area contributed by atoms with E-state index < -0.39 is 0 Å². The van der Waals surface area contributed by atoms with E-state index in [4.69, 9.17) is 4.74 Å². The standard InChI is InChI=1S/C20H25N5O2S2/c1-12(2)15-7-6-13(3)8-16(15)27-9-17-23-24-20(25(17)5)29-11-18(26)22-19-21-14(4)10-28-19/h6-8,10,12H,9,11H2,1-5H3,(H,21,22,26). The summed E-state index contributed by atoms with van der Waals surface area (Å²) in [4.78, 5) is 16.3. The zero-order valence-electron chi connectivity index (χ0n) is 17.2. The lowest BCUT2D eigenvalue weighted by Gasteiger charge is -2.14. The Morgan fingerprint density at radius 3 is 2.79 bits per heavy atom. The first-order valence-electron chi connectivity index (χ1n) is 9.30. The predicted octanol–water partition coefficient (Wildman–Crippen LogP) is 4.32. The Morgan fingerprint density at radius 2 is 2.10 bits per heavy atom. The molecule has 0 spiro atoms. The monoisotopic (exact) mass is 431 g/mol. The van der Waals surface area contributed by atoms with Crippen molar-refractivity contribution < 1.29 is 9.53 Å². The van der Waals surface area contributed by atoms with Crippen LogP contribution >= 0.6 is 23.1 Å². The van der Waals surface area contributed by atoms with Crippen molar-refractivity contribution in [3.8, 4) is 5.75 Å². The molecule has 2 heterocycles. The Kier molecular flexibility index (Phi) is 6.92. The molecule has 0 radical (unpaired) electrons. The lowest BCUT2D eigenvalue weighted by Crippen LogP contribution is -2.14. The van der Waals surface area contributed by atoms with Gasteiger partial charge in [0.15, 0.2) is 16.1 Å². The molecule has 0 atom stereocenters. The lowest BCUT2D eigenvalue weighted by atomic mass is 10.0. The molecule has 0 aliphatic heterocycles. The molecule has 2 aromatic heterocycles. The van der Waals surface area contributed by atoms with Gasteiger partial charge in [0, 0.05) is 12.4 Å². The first kappa shape index (κ1) is 21.3. The number of nitrogens with zero attached hydrogens (tertiary/aromatic N) is 4. The SMILES string of the molecule is Cc1ccc(C(C)C)c(OCc2nnc(SCC(=O)Nc3nc(C)cs3)n2C)c1. The van der Waals surface area contributed by atoms with E-state index in [-0.39, 0.29) is 11.7 Å². The van der Waals surface area contributed by atoms with E-state index in [0.29, 0.717) is 28.6 Å². The zero-order chi connectivity index (χ0) is 21.0. The summed E-state index contributed by atoms with van der Waals surface area (Å²) in [6.07, 6.45) is 0. The Balaban J connectivity index is 1.58. The van der Waals surface area contributed by atoms with Gasteiger partial charge < -0.3 is 14.6 Å². The lowest BCUT2D eigenvalue weighted by molar-refractivity contribution is -0.113. The first-order chi connectivity index (χ1) is 13.8. The van der Waals surface area contributed by atoms with E-state index >= 15 is 0 Å². The first-order valence-corrected chi connectivity index (χ1v) is 11.2. The number of aryl methyl sites for hydroxylation is 2. The molecule has 154 valence electrons. The number of nitrogens with one attached hydrogen (secondary N) is 1. The van der Waals surface area contributed by atoms with Gasteiger partial charge in [0.2, 0.25) is 5.91 Å².